The molecule has 5 heteroatoms. The highest BCUT2D eigenvalue weighted by molar-refractivity contribution is 5.66. The third-order valence-corrected chi connectivity index (χ3v) is 2.30. The molecule has 18 heavy (non-hydrogen) atoms. The SMILES string of the molecule is COc1ccc(C=Cc2nccc(=O)[nH]2)cc1F. The van der Waals surface area contributed by atoms with Crippen LogP contribution in [0.3, 0.4) is 0 Å². The van der Waals surface area contributed by atoms with Crippen LogP contribution in [0.4, 0.5) is 4.39 Å². The van der Waals surface area contributed by atoms with Gasteiger partial charge >= 0.3 is 0 Å². The average molecular weight is 246 g/mol. The van der Waals surface area contributed by atoms with Crippen LogP contribution in [0.15, 0.2) is 35.3 Å². The minimum atomic E-state index is -0.436. The number of ether oxygens (including phenoxy) is 1. The Bertz CT molecular complexity index is 635. The fourth-order valence-corrected chi connectivity index (χ4v) is 1.43. The van der Waals surface area contributed by atoms with Crippen LogP contribution in [0.5, 0.6) is 5.75 Å². The summed E-state index contributed by atoms with van der Waals surface area (Å²) in [5, 5.41) is 0. The lowest BCUT2D eigenvalue weighted by molar-refractivity contribution is 0.386. The molecule has 0 aliphatic heterocycles. The van der Waals surface area contributed by atoms with Crippen LogP contribution in [0.25, 0.3) is 12.2 Å². The van der Waals surface area contributed by atoms with Crippen LogP contribution in [0.1, 0.15) is 11.4 Å². The number of aromatic nitrogens is 2. The van der Waals surface area contributed by atoms with Crippen molar-refractivity contribution in [1.82, 2.24) is 9.97 Å². The number of aromatic amines is 1. The third-order valence-electron chi connectivity index (χ3n) is 2.30. The molecule has 2 rings (SSSR count). The van der Waals surface area contributed by atoms with Crippen LogP contribution in [0.2, 0.25) is 0 Å². The van der Waals surface area contributed by atoms with Gasteiger partial charge in [0.1, 0.15) is 5.82 Å². The van der Waals surface area contributed by atoms with Gasteiger partial charge in [0.05, 0.1) is 7.11 Å². The number of halogens is 1. The molecule has 1 N–H and O–H groups in total. The number of H-pyrrole nitrogens is 1. The van der Waals surface area contributed by atoms with Gasteiger partial charge in [-0.05, 0) is 23.8 Å². The summed E-state index contributed by atoms with van der Waals surface area (Å²) in [5.74, 6) is 0.172. The Balaban J connectivity index is 2.24. The van der Waals surface area contributed by atoms with Gasteiger partial charge in [0.25, 0.3) is 5.56 Å². The highest BCUT2D eigenvalue weighted by Gasteiger charge is 2.01. The van der Waals surface area contributed by atoms with Crippen molar-refractivity contribution >= 4 is 12.2 Å². The molecular weight excluding hydrogens is 235 g/mol. The molecule has 0 bridgehead atoms. The summed E-state index contributed by atoms with van der Waals surface area (Å²) in [4.78, 5) is 17.5. The van der Waals surface area contributed by atoms with Crippen molar-refractivity contribution in [2.75, 3.05) is 7.11 Å². The molecular formula is C13H11FN2O2. The second-order valence-electron chi connectivity index (χ2n) is 3.55. The van der Waals surface area contributed by atoms with E-state index in [0.29, 0.717) is 11.4 Å². The molecule has 0 amide bonds. The average Bonchev–Trinajstić information content (AvgIpc) is 2.37. The molecule has 0 saturated carbocycles. The molecule has 0 aliphatic carbocycles. The maximum Gasteiger partial charge on any atom is 0.251 e. The van der Waals surface area contributed by atoms with Gasteiger partial charge in [-0.1, -0.05) is 12.1 Å². The van der Waals surface area contributed by atoms with Gasteiger partial charge in [0.2, 0.25) is 0 Å². The molecule has 0 unspecified atom stereocenters. The number of hydrogen-bond acceptors (Lipinski definition) is 3. The molecule has 92 valence electrons. The molecule has 1 aromatic heterocycles. The van der Waals surface area contributed by atoms with Gasteiger partial charge in [-0.2, -0.15) is 0 Å². The Kier molecular flexibility index (Phi) is 3.52. The van der Waals surface area contributed by atoms with Crippen molar-refractivity contribution in [2.45, 2.75) is 0 Å². The van der Waals surface area contributed by atoms with Crippen molar-refractivity contribution < 1.29 is 9.13 Å². The minimum absolute atomic E-state index is 0.193. The quantitative estimate of drug-likeness (QED) is 0.902. The van der Waals surface area contributed by atoms with Crippen LogP contribution in [-0.2, 0) is 0 Å². The number of rotatable bonds is 3. The van der Waals surface area contributed by atoms with E-state index in [9.17, 15) is 9.18 Å². The topological polar surface area (TPSA) is 55.0 Å². The van der Waals surface area contributed by atoms with E-state index in [1.165, 1.54) is 31.5 Å². The number of nitrogens with one attached hydrogen (secondary N) is 1. The summed E-state index contributed by atoms with van der Waals surface area (Å²) in [5.41, 5.74) is 0.422. The van der Waals surface area contributed by atoms with Gasteiger partial charge in [0, 0.05) is 12.3 Å². The number of methoxy groups -OCH3 is 1. The van der Waals surface area contributed by atoms with E-state index < -0.39 is 5.82 Å². The molecule has 0 radical (unpaired) electrons. The van der Waals surface area contributed by atoms with Crippen LogP contribution in [-0.4, -0.2) is 17.1 Å². The summed E-state index contributed by atoms with van der Waals surface area (Å²) in [7, 11) is 1.41. The molecule has 0 atom stereocenters. The van der Waals surface area contributed by atoms with Gasteiger partial charge in [0.15, 0.2) is 11.6 Å². The second-order valence-corrected chi connectivity index (χ2v) is 3.55. The van der Waals surface area contributed by atoms with Crippen molar-refractivity contribution in [3.05, 3.63) is 58.0 Å². The first-order chi connectivity index (χ1) is 8.69. The highest BCUT2D eigenvalue weighted by Crippen LogP contribution is 2.18. The first kappa shape index (κ1) is 12.0. The van der Waals surface area contributed by atoms with E-state index in [0.717, 1.165) is 0 Å². The van der Waals surface area contributed by atoms with E-state index in [1.807, 2.05) is 0 Å². The molecule has 0 aliphatic rings. The van der Waals surface area contributed by atoms with Crippen LogP contribution < -0.4 is 10.3 Å². The second kappa shape index (κ2) is 5.27. The van der Waals surface area contributed by atoms with Crippen molar-refractivity contribution in [1.29, 1.82) is 0 Å². The Labute approximate surface area is 103 Å². The number of benzene rings is 1. The summed E-state index contributed by atoms with van der Waals surface area (Å²) < 4.78 is 18.2. The number of hydrogen-bond donors (Lipinski definition) is 1. The summed E-state index contributed by atoms with van der Waals surface area (Å²) >= 11 is 0. The Morgan fingerprint density at radius 2 is 2.17 bits per heavy atom. The molecule has 4 nitrogen and oxygen atoms in total. The molecule has 2 aromatic rings. The van der Waals surface area contributed by atoms with Crippen molar-refractivity contribution in [3.63, 3.8) is 0 Å². The summed E-state index contributed by atoms with van der Waals surface area (Å²) in [6.45, 7) is 0. The highest BCUT2D eigenvalue weighted by atomic mass is 19.1. The maximum absolute atomic E-state index is 13.4. The lowest BCUT2D eigenvalue weighted by Gasteiger charge is -2.01. The normalized spacial score (nSPS) is 10.8. The zero-order valence-corrected chi connectivity index (χ0v) is 9.68. The molecule has 0 fully saturated rings. The molecule has 1 heterocycles. The van der Waals surface area contributed by atoms with E-state index in [4.69, 9.17) is 4.74 Å². The Morgan fingerprint density at radius 1 is 1.33 bits per heavy atom. The van der Waals surface area contributed by atoms with Crippen LogP contribution >= 0.6 is 0 Å². The first-order valence-electron chi connectivity index (χ1n) is 5.26. The van der Waals surface area contributed by atoms with Crippen LogP contribution in [0, 0.1) is 5.82 Å². The largest absolute Gasteiger partial charge is 0.494 e. The van der Waals surface area contributed by atoms with Crippen molar-refractivity contribution in [2.24, 2.45) is 0 Å². The fraction of sp³-hybridized carbons (Fsp3) is 0.0769. The molecule has 0 saturated heterocycles. The fourth-order valence-electron chi connectivity index (χ4n) is 1.43. The Hall–Kier alpha value is -2.43. The monoisotopic (exact) mass is 246 g/mol. The molecule has 1 aromatic carbocycles. The van der Waals surface area contributed by atoms with E-state index >= 15 is 0 Å². The minimum Gasteiger partial charge on any atom is -0.494 e. The van der Waals surface area contributed by atoms with E-state index in [1.54, 1.807) is 18.2 Å². The predicted molar refractivity (Wildman–Crippen MR) is 66.7 cm³/mol. The van der Waals surface area contributed by atoms with Crippen molar-refractivity contribution in [3.8, 4) is 5.75 Å². The van der Waals surface area contributed by atoms with Gasteiger partial charge in [-0.3, -0.25) is 4.79 Å². The predicted octanol–water partition coefficient (Wildman–Crippen LogP) is 2.09. The maximum atomic E-state index is 13.4. The first-order valence-corrected chi connectivity index (χ1v) is 5.26. The van der Waals surface area contributed by atoms with Gasteiger partial charge in [-0.25, -0.2) is 9.37 Å². The summed E-state index contributed by atoms with van der Waals surface area (Å²) in [6, 6.07) is 5.91. The smallest absolute Gasteiger partial charge is 0.251 e. The molecule has 0 spiro atoms. The van der Waals surface area contributed by atoms with Gasteiger partial charge in [-0.15, -0.1) is 0 Å². The van der Waals surface area contributed by atoms with Gasteiger partial charge < -0.3 is 9.72 Å². The lowest BCUT2D eigenvalue weighted by atomic mass is 10.2. The zero-order valence-electron chi connectivity index (χ0n) is 9.68. The standard InChI is InChI=1S/C13H11FN2O2/c1-18-11-4-2-9(8-10(11)14)3-5-12-15-7-6-13(17)16-12/h2-8H,1H3,(H,15,16,17). The summed E-state index contributed by atoms with van der Waals surface area (Å²) in [6.07, 6.45) is 4.66. The van der Waals surface area contributed by atoms with E-state index in [-0.39, 0.29) is 11.3 Å². The van der Waals surface area contributed by atoms with E-state index in [2.05, 4.69) is 9.97 Å². The zero-order chi connectivity index (χ0) is 13.0. The number of nitrogens with zero attached hydrogens (tertiary/aromatic N) is 1. The lowest BCUT2D eigenvalue weighted by Crippen LogP contribution is -2.05. The Morgan fingerprint density at radius 3 is 2.83 bits per heavy atom. The third kappa shape index (κ3) is 2.82.